The maximum atomic E-state index is 12.5. The van der Waals surface area contributed by atoms with Crippen molar-refractivity contribution in [3.8, 4) is 11.5 Å². The molecule has 1 aromatic heterocycles. The highest BCUT2D eigenvalue weighted by Gasteiger charge is 2.23. The van der Waals surface area contributed by atoms with Crippen LogP contribution >= 0.6 is 11.3 Å². The summed E-state index contributed by atoms with van der Waals surface area (Å²) < 4.78 is 16.9. The highest BCUT2D eigenvalue weighted by atomic mass is 32.1. The predicted octanol–water partition coefficient (Wildman–Crippen LogP) is 2.62. The zero-order valence-corrected chi connectivity index (χ0v) is 16.7. The van der Waals surface area contributed by atoms with E-state index in [1.165, 1.54) is 11.3 Å². The van der Waals surface area contributed by atoms with E-state index in [0.717, 1.165) is 54.5 Å². The zero-order chi connectivity index (χ0) is 19.3. The number of para-hydroxylation sites is 1. The summed E-state index contributed by atoms with van der Waals surface area (Å²) in [5.41, 5.74) is 1.02. The number of carbonyl (C=O) groups excluding carboxylic acids is 1. The molecule has 28 heavy (non-hydrogen) atoms. The van der Waals surface area contributed by atoms with Crippen molar-refractivity contribution >= 4 is 22.4 Å². The van der Waals surface area contributed by atoms with Crippen LogP contribution in [-0.4, -0.2) is 54.4 Å². The lowest BCUT2D eigenvalue weighted by atomic mass is 10.1. The number of anilines is 1. The molecule has 1 saturated heterocycles. The predicted molar refractivity (Wildman–Crippen MR) is 105 cm³/mol. The van der Waals surface area contributed by atoms with Gasteiger partial charge in [0.1, 0.15) is 11.1 Å². The Morgan fingerprint density at radius 3 is 3.11 bits per heavy atom. The molecule has 8 nitrogen and oxygen atoms in total. The lowest BCUT2D eigenvalue weighted by Crippen LogP contribution is -2.35. The zero-order valence-electron chi connectivity index (χ0n) is 15.8. The van der Waals surface area contributed by atoms with Gasteiger partial charge in [-0.2, -0.15) is 0 Å². The first kappa shape index (κ1) is 19.1. The van der Waals surface area contributed by atoms with Crippen molar-refractivity contribution in [2.24, 2.45) is 0 Å². The van der Waals surface area contributed by atoms with Gasteiger partial charge in [-0.3, -0.25) is 15.0 Å². The Bertz CT molecular complexity index is 822. The average Bonchev–Trinajstić information content (AvgIpc) is 3.35. The highest BCUT2D eigenvalue weighted by Crippen LogP contribution is 2.33. The monoisotopic (exact) mass is 404 g/mol. The molecular formula is C19H24N4O4S. The normalized spacial score (nSPS) is 20.0. The van der Waals surface area contributed by atoms with E-state index < -0.39 is 0 Å². The fourth-order valence-electron chi connectivity index (χ4n) is 3.48. The second-order valence-corrected chi connectivity index (χ2v) is 7.87. The van der Waals surface area contributed by atoms with Crippen molar-refractivity contribution in [3.05, 3.63) is 28.8 Å². The number of amides is 1. The van der Waals surface area contributed by atoms with Crippen molar-refractivity contribution in [3.63, 3.8) is 0 Å². The second-order valence-electron chi connectivity index (χ2n) is 6.86. The summed E-state index contributed by atoms with van der Waals surface area (Å²) in [7, 11) is 1.63. The third kappa shape index (κ3) is 4.43. The van der Waals surface area contributed by atoms with E-state index >= 15 is 0 Å². The molecule has 0 radical (unpaired) electrons. The molecule has 150 valence electrons. The van der Waals surface area contributed by atoms with Crippen LogP contribution in [0.15, 0.2) is 18.2 Å². The molecule has 0 saturated carbocycles. The Morgan fingerprint density at radius 1 is 1.36 bits per heavy atom. The Hall–Kier alpha value is -2.23. The summed E-state index contributed by atoms with van der Waals surface area (Å²) in [4.78, 5) is 14.7. The summed E-state index contributed by atoms with van der Waals surface area (Å²) in [6.45, 7) is 3.04. The van der Waals surface area contributed by atoms with E-state index in [1.807, 2.05) is 18.2 Å². The quantitative estimate of drug-likeness (QED) is 0.820. The number of hydrogen-bond donors (Lipinski definition) is 1. The molecule has 2 aromatic rings. The van der Waals surface area contributed by atoms with Crippen LogP contribution < -0.4 is 14.8 Å². The first-order valence-corrected chi connectivity index (χ1v) is 10.3. The van der Waals surface area contributed by atoms with E-state index in [0.29, 0.717) is 18.3 Å². The molecule has 0 spiro atoms. The summed E-state index contributed by atoms with van der Waals surface area (Å²) in [6.07, 6.45) is 2.86. The van der Waals surface area contributed by atoms with Gasteiger partial charge in [0.2, 0.25) is 11.0 Å². The van der Waals surface area contributed by atoms with Gasteiger partial charge in [-0.15, -0.1) is 10.2 Å². The van der Waals surface area contributed by atoms with Gasteiger partial charge in [-0.1, -0.05) is 23.5 Å². The SMILES string of the molecule is COc1cccc2c1OCCCN(CC(=O)Nc1nnc(C3CCCO3)s1)C2. The van der Waals surface area contributed by atoms with Gasteiger partial charge in [0.25, 0.3) is 0 Å². The minimum atomic E-state index is -0.0963. The molecule has 9 heteroatoms. The van der Waals surface area contributed by atoms with Crippen LogP contribution in [-0.2, 0) is 16.1 Å². The van der Waals surface area contributed by atoms with Crippen molar-refractivity contribution in [2.75, 3.05) is 38.7 Å². The minimum Gasteiger partial charge on any atom is -0.493 e. The van der Waals surface area contributed by atoms with Crippen LogP contribution in [0, 0.1) is 0 Å². The van der Waals surface area contributed by atoms with Crippen LogP contribution in [0.3, 0.4) is 0 Å². The van der Waals surface area contributed by atoms with Gasteiger partial charge in [0.05, 0.1) is 20.3 Å². The van der Waals surface area contributed by atoms with E-state index in [1.54, 1.807) is 7.11 Å². The molecular weight excluding hydrogens is 380 g/mol. The molecule has 4 rings (SSSR count). The number of hydrogen-bond acceptors (Lipinski definition) is 8. The molecule has 1 fully saturated rings. The fraction of sp³-hybridized carbons (Fsp3) is 0.526. The standard InChI is InChI=1S/C19H24N4O4S/c1-25-14-6-2-5-13-11-23(8-4-10-27-17(13)14)12-16(24)20-19-22-21-18(28-19)15-7-3-9-26-15/h2,5-6,15H,3-4,7-12H2,1H3,(H,20,22,24). The number of carbonyl (C=O) groups is 1. The number of nitrogens with zero attached hydrogens (tertiary/aromatic N) is 3. The molecule has 0 aliphatic carbocycles. The molecule has 1 N–H and O–H groups in total. The molecule has 2 aliphatic rings. The molecule has 0 bridgehead atoms. The summed E-state index contributed by atoms with van der Waals surface area (Å²) in [5.74, 6) is 1.39. The Kier molecular flexibility index (Phi) is 6.04. The highest BCUT2D eigenvalue weighted by molar-refractivity contribution is 7.15. The van der Waals surface area contributed by atoms with Crippen molar-refractivity contribution < 1.29 is 19.0 Å². The maximum absolute atomic E-state index is 12.5. The molecule has 1 aromatic carbocycles. The van der Waals surface area contributed by atoms with E-state index in [9.17, 15) is 4.79 Å². The van der Waals surface area contributed by atoms with Crippen LogP contribution in [0.2, 0.25) is 0 Å². The lowest BCUT2D eigenvalue weighted by Gasteiger charge is -2.26. The van der Waals surface area contributed by atoms with Gasteiger partial charge in [0.15, 0.2) is 11.5 Å². The maximum Gasteiger partial charge on any atom is 0.240 e. The molecule has 1 amide bonds. The van der Waals surface area contributed by atoms with Crippen molar-refractivity contribution in [1.82, 2.24) is 15.1 Å². The van der Waals surface area contributed by atoms with Gasteiger partial charge >= 0.3 is 0 Å². The largest absolute Gasteiger partial charge is 0.493 e. The lowest BCUT2D eigenvalue weighted by molar-refractivity contribution is -0.117. The Balaban J connectivity index is 1.38. The van der Waals surface area contributed by atoms with Crippen molar-refractivity contribution in [1.29, 1.82) is 0 Å². The third-order valence-electron chi connectivity index (χ3n) is 4.80. The number of aromatic nitrogens is 2. The average molecular weight is 404 g/mol. The number of fused-ring (bicyclic) bond motifs is 1. The number of nitrogens with one attached hydrogen (secondary N) is 1. The number of ether oxygens (including phenoxy) is 3. The number of benzene rings is 1. The van der Waals surface area contributed by atoms with Crippen LogP contribution in [0.1, 0.15) is 35.9 Å². The minimum absolute atomic E-state index is 0.0176. The van der Waals surface area contributed by atoms with Gasteiger partial charge in [-0.25, -0.2) is 0 Å². The van der Waals surface area contributed by atoms with Crippen molar-refractivity contribution in [2.45, 2.75) is 31.9 Å². The molecule has 2 aliphatic heterocycles. The third-order valence-corrected chi connectivity index (χ3v) is 5.73. The molecule has 3 heterocycles. The first-order valence-electron chi connectivity index (χ1n) is 9.49. The smallest absolute Gasteiger partial charge is 0.240 e. The molecule has 1 atom stereocenters. The van der Waals surface area contributed by atoms with Gasteiger partial charge in [0, 0.05) is 25.3 Å². The van der Waals surface area contributed by atoms with Gasteiger partial charge < -0.3 is 14.2 Å². The summed E-state index contributed by atoms with van der Waals surface area (Å²) in [6, 6.07) is 5.83. The summed E-state index contributed by atoms with van der Waals surface area (Å²) >= 11 is 1.39. The fourth-order valence-corrected chi connectivity index (χ4v) is 4.32. The molecule has 1 unspecified atom stereocenters. The van der Waals surface area contributed by atoms with E-state index in [-0.39, 0.29) is 18.6 Å². The van der Waals surface area contributed by atoms with Crippen LogP contribution in [0.5, 0.6) is 11.5 Å². The van der Waals surface area contributed by atoms with E-state index in [4.69, 9.17) is 14.2 Å². The van der Waals surface area contributed by atoms with Crippen LogP contribution in [0.4, 0.5) is 5.13 Å². The number of methoxy groups -OCH3 is 1. The van der Waals surface area contributed by atoms with Gasteiger partial charge in [-0.05, 0) is 25.3 Å². The topological polar surface area (TPSA) is 85.8 Å². The first-order chi connectivity index (χ1) is 13.7. The van der Waals surface area contributed by atoms with Crippen LogP contribution in [0.25, 0.3) is 0 Å². The second kappa shape index (κ2) is 8.85. The Morgan fingerprint density at radius 2 is 2.29 bits per heavy atom. The number of rotatable bonds is 5. The summed E-state index contributed by atoms with van der Waals surface area (Å²) in [5, 5.41) is 12.5. The Labute approximate surface area is 167 Å². The van der Waals surface area contributed by atoms with E-state index in [2.05, 4.69) is 20.4 Å².